The molecule has 0 amide bonds. The minimum Gasteiger partial charge on any atom is -0.462 e. The lowest BCUT2D eigenvalue weighted by molar-refractivity contribution is -0.216. The van der Waals surface area contributed by atoms with Crippen LogP contribution in [0.25, 0.3) is 0 Å². The number of rotatable bonds is 37. The summed E-state index contributed by atoms with van der Waals surface area (Å²) in [5.74, 6) is -1.31. The molecule has 2 rings (SSSR count). The van der Waals surface area contributed by atoms with E-state index in [1.54, 1.807) is 0 Å². The van der Waals surface area contributed by atoms with Crippen molar-refractivity contribution in [2.24, 2.45) is 0 Å². The number of phosphoric acid groups is 2. The van der Waals surface area contributed by atoms with Crippen molar-refractivity contribution in [1.29, 1.82) is 0 Å². The fraction of sp³-hybridized carbons (Fsp3) is 0.702. The number of carbonyl (C=O) groups excluding carboxylic acids is 2. The van der Waals surface area contributed by atoms with E-state index in [1.807, 2.05) is 12.2 Å². The summed E-state index contributed by atoms with van der Waals surface area (Å²) < 4.78 is 55.1. The second-order valence-electron chi connectivity index (χ2n) is 16.5. The Hall–Kier alpha value is -2.60. The molecule has 19 heteroatoms. The zero-order chi connectivity index (χ0) is 48.6. The maximum Gasteiger partial charge on any atom is 0.472 e. The molecule has 2 fully saturated rings. The van der Waals surface area contributed by atoms with Crippen molar-refractivity contribution in [3.8, 4) is 0 Å². The number of hydrogen-bond acceptors (Lipinski definition) is 14. The molecule has 7 N–H and O–H groups in total. The zero-order valence-electron chi connectivity index (χ0n) is 38.8. The van der Waals surface area contributed by atoms with E-state index in [1.165, 1.54) is 19.3 Å². The van der Waals surface area contributed by atoms with Gasteiger partial charge in [-0.05, 0) is 83.5 Å². The number of aliphatic hydroxyl groups is 4. The first-order valence-electron chi connectivity index (χ1n) is 23.6. The summed E-state index contributed by atoms with van der Waals surface area (Å²) in [5.41, 5.74) is 0. The highest BCUT2D eigenvalue weighted by Crippen LogP contribution is 2.49. The molecule has 1 saturated heterocycles. The minimum atomic E-state index is -5.38. The third-order valence-corrected chi connectivity index (χ3v) is 12.2. The van der Waals surface area contributed by atoms with Gasteiger partial charge < -0.3 is 49.3 Å². The second kappa shape index (κ2) is 34.6. The lowest BCUT2D eigenvalue weighted by atomic mass is 9.85. The van der Waals surface area contributed by atoms with E-state index in [0.29, 0.717) is 19.3 Å². The average molecular weight is 977 g/mol. The van der Waals surface area contributed by atoms with Gasteiger partial charge >= 0.3 is 27.6 Å². The number of carbonyl (C=O) groups is 2. The second-order valence-corrected chi connectivity index (χ2v) is 19.1. The van der Waals surface area contributed by atoms with Gasteiger partial charge in [0.1, 0.15) is 43.2 Å². The van der Waals surface area contributed by atoms with Crippen LogP contribution in [0.15, 0.2) is 72.9 Å². The Balaban J connectivity index is 1.84. The van der Waals surface area contributed by atoms with E-state index in [4.69, 9.17) is 23.3 Å². The number of ether oxygens (including phenoxy) is 3. The van der Waals surface area contributed by atoms with Crippen LogP contribution in [0.4, 0.5) is 0 Å². The van der Waals surface area contributed by atoms with Gasteiger partial charge in [-0.15, -0.1) is 0 Å². The molecule has 0 bridgehead atoms. The fourth-order valence-corrected chi connectivity index (χ4v) is 8.44. The molecule has 0 radical (unpaired) electrons. The number of epoxide rings is 1. The average Bonchev–Trinajstić information content (AvgIpc) is 4.03. The van der Waals surface area contributed by atoms with Gasteiger partial charge in [0, 0.05) is 12.8 Å². The Bertz CT molecular complexity index is 1620. The molecule has 1 aliphatic carbocycles. The van der Waals surface area contributed by atoms with Crippen molar-refractivity contribution in [1.82, 2.24) is 0 Å². The highest BCUT2D eigenvalue weighted by atomic mass is 31.2. The normalized spacial score (nSPS) is 25.2. The van der Waals surface area contributed by atoms with Gasteiger partial charge in [0.05, 0.1) is 18.8 Å². The Morgan fingerprint density at radius 1 is 0.561 bits per heavy atom. The molecular weight excluding hydrogens is 898 g/mol. The number of allylic oxidation sites excluding steroid dienone is 10. The Morgan fingerprint density at radius 2 is 1.06 bits per heavy atom. The Labute approximate surface area is 391 Å². The van der Waals surface area contributed by atoms with Crippen LogP contribution in [0.2, 0.25) is 0 Å². The molecule has 17 nitrogen and oxygen atoms in total. The predicted molar refractivity (Wildman–Crippen MR) is 250 cm³/mol. The van der Waals surface area contributed by atoms with E-state index < -0.39 is 83.5 Å². The molecule has 1 heterocycles. The van der Waals surface area contributed by atoms with E-state index >= 15 is 0 Å². The van der Waals surface area contributed by atoms with E-state index in [2.05, 4.69) is 79.1 Å². The smallest absolute Gasteiger partial charge is 0.462 e. The highest BCUT2D eigenvalue weighted by Gasteiger charge is 2.54. The van der Waals surface area contributed by atoms with Gasteiger partial charge in [0.2, 0.25) is 0 Å². The third-order valence-electron chi connectivity index (χ3n) is 10.7. The summed E-state index contributed by atoms with van der Waals surface area (Å²) in [6.45, 7) is 2.88. The summed E-state index contributed by atoms with van der Waals surface area (Å²) in [6.07, 6.45) is 27.4. The van der Waals surface area contributed by atoms with Crippen molar-refractivity contribution in [3.05, 3.63) is 72.9 Å². The summed E-state index contributed by atoms with van der Waals surface area (Å²) in [5, 5.41) is 41.3. The molecule has 378 valence electrons. The SMILES string of the molecule is CC/C=C\C/C=C\C/C=C\CCCCCCCC(=O)OC[C@H](COP(=O)(O)O[C@H]1C(O)C(O)C(O)[C@@H](OP(=O)(O)O)C1O)OC(=O)CCC/C=C\CC1OC1C/C=C\C/C=C\CCCCC. The number of phosphoric ester groups is 2. The molecule has 2 aliphatic rings. The van der Waals surface area contributed by atoms with Crippen LogP contribution < -0.4 is 0 Å². The first-order valence-corrected chi connectivity index (χ1v) is 26.6. The Morgan fingerprint density at radius 3 is 1.68 bits per heavy atom. The fourth-order valence-electron chi connectivity index (χ4n) is 6.90. The minimum absolute atomic E-state index is 0.0477. The van der Waals surface area contributed by atoms with E-state index in [0.717, 1.165) is 77.0 Å². The standard InChI is InChI=1S/C47H78O17P2/c1-3-5-7-9-11-13-14-15-16-17-18-20-22-24-29-33-40(48)59-35-37(36-60-66(57,58)64-47-44(52)42(50)43(51)46(45(47)53)63-65(54,55)56)61-41(49)34-30-26-25-28-32-39-38(62-39)31-27-23-21-19-12-10-8-6-4-2/h5,7,11-13,15-16,19,23,25,27-28,37-39,42-47,50-53H,3-4,6,8-10,14,17-18,20-22,24,26,29-36H2,1-2H3,(H,57,58)(H2,54,55,56)/b7-5-,13-11-,16-15-,19-12-,27-23-,28-25-/t37-,38?,39?,42?,43?,44?,45?,46-,47+/m1/s1. The lowest BCUT2D eigenvalue weighted by Crippen LogP contribution is -2.64. The van der Waals surface area contributed by atoms with Gasteiger partial charge in [-0.3, -0.25) is 23.2 Å². The molecule has 0 aromatic carbocycles. The monoisotopic (exact) mass is 976 g/mol. The molecule has 1 aliphatic heterocycles. The van der Waals surface area contributed by atoms with Crippen LogP contribution in [-0.4, -0.2) is 115 Å². The van der Waals surface area contributed by atoms with E-state index in [-0.39, 0.29) is 25.0 Å². The van der Waals surface area contributed by atoms with Crippen LogP contribution in [0.5, 0.6) is 0 Å². The molecular formula is C47H78O17P2. The summed E-state index contributed by atoms with van der Waals surface area (Å²) in [6, 6.07) is 0. The van der Waals surface area contributed by atoms with Crippen molar-refractivity contribution >= 4 is 27.6 Å². The van der Waals surface area contributed by atoms with Crippen molar-refractivity contribution in [2.45, 2.75) is 197 Å². The van der Waals surface area contributed by atoms with Crippen LogP contribution in [0.1, 0.15) is 142 Å². The number of unbranched alkanes of at least 4 members (excludes halogenated alkanes) is 9. The third kappa shape index (κ3) is 28.0. The molecule has 7 unspecified atom stereocenters. The molecule has 0 aromatic heterocycles. The van der Waals surface area contributed by atoms with Crippen LogP contribution in [0.3, 0.4) is 0 Å². The maximum atomic E-state index is 13.0. The maximum absolute atomic E-state index is 13.0. The largest absolute Gasteiger partial charge is 0.472 e. The lowest BCUT2D eigenvalue weighted by Gasteiger charge is -2.43. The number of hydrogen-bond donors (Lipinski definition) is 7. The molecule has 1 saturated carbocycles. The van der Waals surface area contributed by atoms with Gasteiger partial charge in [0.15, 0.2) is 6.10 Å². The van der Waals surface area contributed by atoms with Crippen molar-refractivity contribution in [3.63, 3.8) is 0 Å². The molecule has 10 atom stereocenters. The topological polar surface area (TPSA) is 269 Å². The van der Waals surface area contributed by atoms with Gasteiger partial charge in [-0.25, -0.2) is 9.13 Å². The first kappa shape index (κ1) is 59.5. The van der Waals surface area contributed by atoms with Crippen molar-refractivity contribution in [2.75, 3.05) is 13.2 Å². The van der Waals surface area contributed by atoms with Crippen LogP contribution in [0, 0.1) is 0 Å². The first-order chi connectivity index (χ1) is 31.6. The molecule has 66 heavy (non-hydrogen) atoms. The zero-order valence-corrected chi connectivity index (χ0v) is 40.6. The summed E-state index contributed by atoms with van der Waals surface area (Å²) in [7, 11) is -10.7. The van der Waals surface area contributed by atoms with Crippen molar-refractivity contribution < 1.29 is 81.6 Å². The molecule has 0 aromatic rings. The van der Waals surface area contributed by atoms with Gasteiger partial charge in [-0.1, -0.05) is 119 Å². The van der Waals surface area contributed by atoms with Gasteiger partial charge in [-0.2, -0.15) is 0 Å². The summed E-state index contributed by atoms with van der Waals surface area (Å²) in [4.78, 5) is 54.3. The predicted octanol–water partition coefficient (Wildman–Crippen LogP) is 7.83. The van der Waals surface area contributed by atoms with E-state index in [9.17, 15) is 53.8 Å². The number of aliphatic hydroxyl groups excluding tert-OH is 4. The number of esters is 2. The van der Waals surface area contributed by atoms with Crippen LogP contribution in [-0.2, 0) is 46.5 Å². The van der Waals surface area contributed by atoms with Crippen LogP contribution >= 0.6 is 15.6 Å². The quantitative estimate of drug-likeness (QED) is 0.0103. The highest BCUT2D eigenvalue weighted by molar-refractivity contribution is 7.47. The summed E-state index contributed by atoms with van der Waals surface area (Å²) >= 11 is 0. The van der Waals surface area contributed by atoms with Gasteiger partial charge in [0.25, 0.3) is 0 Å². The Kier molecular flexibility index (Phi) is 31.2. The molecule has 0 spiro atoms.